The lowest BCUT2D eigenvalue weighted by molar-refractivity contribution is -0.134. The molecule has 0 radical (unpaired) electrons. The van der Waals surface area contributed by atoms with Crippen LogP contribution in [0.5, 0.6) is 0 Å². The molecular weight excluding hydrogens is 411 g/mol. The molecule has 2 aliphatic rings. The van der Waals surface area contributed by atoms with Gasteiger partial charge in [-0.05, 0) is 19.2 Å². The van der Waals surface area contributed by atoms with Gasteiger partial charge >= 0.3 is 0 Å². The third kappa shape index (κ3) is 4.75. The molecule has 10 heteroatoms. The number of carbonyl (C=O) groups is 1. The zero-order valence-corrected chi connectivity index (χ0v) is 17.6. The molecule has 2 saturated heterocycles. The normalized spacial score (nSPS) is 20.8. The van der Waals surface area contributed by atoms with E-state index in [1.807, 2.05) is 16.8 Å². The molecule has 0 aliphatic carbocycles. The monoisotopic (exact) mass is 434 g/mol. The number of hydrogen-bond acceptors (Lipinski definition) is 5. The van der Waals surface area contributed by atoms with Crippen LogP contribution in [-0.4, -0.2) is 99.3 Å². The van der Waals surface area contributed by atoms with Crippen molar-refractivity contribution < 1.29 is 13.2 Å². The Labute approximate surface area is 170 Å². The molecule has 1 aromatic carbocycles. The number of nitrogens with zero attached hydrogens (tertiary/aromatic N) is 4. The molecule has 2 aliphatic heterocycles. The Bertz CT molecular complexity index is 789. The average molecular weight is 435 g/mol. The first kappa shape index (κ1) is 20.8. The topological polar surface area (TPSA) is 64.2 Å². The molecule has 0 N–H and O–H groups in total. The van der Waals surface area contributed by atoms with Gasteiger partial charge in [0.05, 0.1) is 16.6 Å². The second-order valence-electron chi connectivity index (χ2n) is 6.92. The summed E-state index contributed by atoms with van der Waals surface area (Å²) in [7, 11) is -1.66. The van der Waals surface area contributed by atoms with Gasteiger partial charge in [0.2, 0.25) is 15.9 Å². The van der Waals surface area contributed by atoms with Crippen molar-refractivity contribution in [1.82, 2.24) is 19.0 Å². The highest BCUT2D eigenvalue weighted by Crippen LogP contribution is 2.31. The molecule has 7 nitrogen and oxygen atoms in total. The van der Waals surface area contributed by atoms with E-state index in [0.717, 1.165) is 26.2 Å². The second kappa shape index (κ2) is 8.63. The maximum absolute atomic E-state index is 12.9. The number of piperazine rings is 2. The summed E-state index contributed by atoms with van der Waals surface area (Å²) in [6.07, 6.45) is 0. The summed E-state index contributed by atoms with van der Waals surface area (Å²) in [5, 5.41) is 0.265. The Balaban J connectivity index is 1.57. The highest BCUT2D eigenvalue weighted by molar-refractivity contribution is 7.89. The summed E-state index contributed by atoms with van der Waals surface area (Å²) < 4.78 is 27.1. The van der Waals surface area contributed by atoms with Crippen molar-refractivity contribution >= 4 is 39.1 Å². The fraction of sp³-hybridized carbons (Fsp3) is 0.588. The van der Waals surface area contributed by atoms with E-state index in [2.05, 4.69) is 4.90 Å². The number of benzene rings is 1. The van der Waals surface area contributed by atoms with Crippen molar-refractivity contribution in [1.29, 1.82) is 0 Å². The number of halogens is 2. The van der Waals surface area contributed by atoms with E-state index < -0.39 is 10.0 Å². The summed E-state index contributed by atoms with van der Waals surface area (Å²) in [5.41, 5.74) is 0. The maximum atomic E-state index is 12.9. The van der Waals surface area contributed by atoms with Crippen molar-refractivity contribution in [3.05, 3.63) is 28.2 Å². The first-order valence-electron chi connectivity index (χ1n) is 8.92. The van der Waals surface area contributed by atoms with Crippen molar-refractivity contribution in [2.75, 3.05) is 66.0 Å². The van der Waals surface area contributed by atoms with E-state index in [1.54, 1.807) is 12.1 Å². The molecular formula is C17H24Cl2N4O3S. The van der Waals surface area contributed by atoms with Gasteiger partial charge in [-0.1, -0.05) is 29.3 Å². The van der Waals surface area contributed by atoms with Crippen molar-refractivity contribution in [3.63, 3.8) is 0 Å². The number of amides is 1. The van der Waals surface area contributed by atoms with Crippen molar-refractivity contribution in [3.8, 4) is 0 Å². The van der Waals surface area contributed by atoms with Crippen LogP contribution in [0.1, 0.15) is 0 Å². The van der Waals surface area contributed by atoms with Crippen LogP contribution in [0.15, 0.2) is 23.1 Å². The van der Waals surface area contributed by atoms with E-state index in [-0.39, 0.29) is 20.8 Å². The third-order valence-corrected chi connectivity index (χ3v) is 7.95. The van der Waals surface area contributed by atoms with Crippen LogP contribution in [0.2, 0.25) is 10.0 Å². The molecule has 0 spiro atoms. The lowest BCUT2D eigenvalue weighted by Crippen LogP contribution is -2.53. The Hall–Kier alpha value is -0.900. The predicted molar refractivity (Wildman–Crippen MR) is 106 cm³/mol. The van der Waals surface area contributed by atoms with Gasteiger partial charge in [-0.25, -0.2) is 8.42 Å². The van der Waals surface area contributed by atoms with E-state index in [1.165, 1.54) is 10.4 Å². The molecule has 2 fully saturated rings. The molecule has 1 amide bonds. The minimum absolute atomic E-state index is 0.0265. The fourth-order valence-electron chi connectivity index (χ4n) is 3.30. The minimum atomic E-state index is -3.70. The minimum Gasteiger partial charge on any atom is -0.339 e. The molecule has 0 aromatic heterocycles. The molecule has 3 rings (SSSR count). The first-order valence-corrected chi connectivity index (χ1v) is 11.1. The molecule has 2 heterocycles. The third-order valence-electron chi connectivity index (χ3n) is 5.08. The van der Waals surface area contributed by atoms with Gasteiger partial charge < -0.3 is 9.80 Å². The van der Waals surface area contributed by atoms with E-state index in [9.17, 15) is 13.2 Å². The second-order valence-corrected chi connectivity index (χ2v) is 9.61. The predicted octanol–water partition coefficient (Wildman–Crippen LogP) is 1.07. The highest BCUT2D eigenvalue weighted by atomic mass is 35.5. The van der Waals surface area contributed by atoms with Gasteiger partial charge in [0, 0.05) is 52.4 Å². The van der Waals surface area contributed by atoms with E-state index in [0.29, 0.717) is 32.7 Å². The molecule has 0 atom stereocenters. The first-order chi connectivity index (χ1) is 12.8. The van der Waals surface area contributed by atoms with Gasteiger partial charge in [-0.3, -0.25) is 9.69 Å². The average Bonchev–Trinajstić information content (AvgIpc) is 2.65. The Morgan fingerprint density at radius 2 is 1.63 bits per heavy atom. The summed E-state index contributed by atoms with van der Waals surface area (Å²) in [4.78, 5) is 18.6. The van der Waals surface area contributed by atoms with Gasteiger partial charge in [-0.15, -0.1) is 0 Å². The van der Waals surface area contributed by atoms with E-state index >= 15 is 0 Å². The number of sulfonamides is 1. The fourth-order valence-corrected chi connectivity index (χ4v) is 5.46. The number of hydrogen-bond donors (Lipinski definition) is 0. The Kier molecular flexibility index (Phi) is 6.66. The summed E-state index contributed by atoms with van der Waals surface area (Å²) in [6, 6.07) is 4.60. The zero-order valence-electron chi connectivity index (χ0n) is 15.3. The molecule has 0 saturated carbocycles. The van der Waals surface area contributed by atoms with Crippen LogP contribution in [-0.2, 0) is 14.8 Å². The van der Waals surface area contributed by atoms with Gasteiger partial charge in [0.1, 0.15) is 4.90 Å². The Morgan fingerprint density at radius 3 is 2.26 bits per heavy atom. The molecule has 1 aromatic rings. The molecule has 0 unspecified atom stereocenters. The number of rotatable bonds is 4. The van der Waals surface area contributed by atoms with Crippen LogP contribution in [0, 0.1) is 0 Å². The highest BCUT2D eigenvalue weighted by Gasteiger charge is 2.31. The van der Waals surface area contributed by atoms with Crippen LogP contribution in [0.3, 0.4) is 0 Å². The number of carbonyl (C=O) groups excluding carboxylic acids is 1. The smallest absolute Gasteiger partial charge is 0.244 e. The number of likely N-dealkylation sites (N-methyl/N-ethyl adjacent to an activating group) is 1. The lowest BCUT2D eigenvalue weighted by Gasteiger charge is -2.36. The van der Waals surface area contributed by atoms with Crippen LogP contribution in [0.4, 0.5) is 0 Å². The molecule has 0 bridgehead atoms. The summed E-state index contributed by atoms with van der Waals surface area (Å²) in [6.45, 7) is 5.26. The van der Waals surface area contributed by atoms with Crippen molar-refractivity contribution in [2.24, 2.45) is 0 Å². The summed E-state index contributed by atoms with van der Waals surface area (Å²) in [5.74, 6) is 0.109. The maximum Gasteiger partial charge on any atom is 0.244 e. The van der Waals surface area contributed by atoms with Crippen LogP contribution in [0.25, 0.3) is 0 Å². The lowest BCUT2D eigenvalue weighted by atomic mass is 10.3. The van der Waals surface area contributed by atoms with Crippen molar-refractivity contribution in [2.45, 2.75) is 4.90 Å². The quantitative estimate of drug-likeness (QED) is 0.708. The van der Waals surface area contributed by atoms with Gasteiger partial charge in [0.25, 0.3) is 0 Å². The van der Waals surface area contributed by atoms with Gasteiger partial charge in [-0.2, -0.15) is 4.31 Å². The van der Waals surface area contributed by atoms with Gasteiger partial charge in [0.15, 0.2) is 0 Å². The SMILES string of the molecule is CN1CCN(C(=O)CN2CCN(S(=O)(=O)c3cccc(Cl)c3Cl)CC2)CC1. The van der Waals surface area contributed by atoms with Crippen LogP contribution < -0.4 is 0 Å². The summed E-state index contributed by atoms with van der Waals surface area (Å²) >= 11 is 12.0. The van der Waals surface area contributed by atoms with E-state index in [4.69, 9.17) is 23.2 Å². The standard InChI is InChI=1S/C17H24Cl2N4O3S/c1-20-5-9-22(10-6-20)16(24)13-21-7-11-23(12-8-21)27(25,26)15-4-2-3-14(18)17(15)19/h2-4H,5-13H2,1H3. The zero-order chi connectivity index (χ0) is 19.6. The molecule has 27 heavy (non-hydrogen) atoms. The largest absolute Gasteiger partial charge is 0.339 e. The Morgan fingerprint density at radius 1 is 1.00 bits per heavy atom. The van der Waals surface area contributed by atoms with Crippen LogP contribution >= 0.6 is 23.2 Å². The molecule has 150 valence electrons.